The number of allylic oxidation sites excluding steroid dienone is 3. The molecule has 0 heterocycles. The van der Waals surface area contributed by atoms with Gasteiger partial charge in [0.15, 0.2) is 0 Å². The summed E-state index contributed by atoms with van der Waals surface area (Å²) < 4.78 is 4.89. The summed E-state index contributed by atoms with van der Waals surface area (Å²) in [5.74, 6) is -0.163. The van der Waals surface area contributed by atoms with E-state index in [1.807, 2.05) is 32.9 Å². The fourth-order valence-electron chi connectivity index (χ4n) is 0.966. The Morgan fingerprint density at radius 2 is 2.14 bits per heavy atom. The Kier molecular flexibility index (Phi) is 6.81. The normalized spacial score (nSPS) is 12.8. The second kappa shape index (κ2) is 7.36. The number of hydrogen-bond donors (Lipinski definition) is 0. The Hall–Kier alpha value is -1.05. The van der Waals surface area contributed by atoms with Crippen LogP contribution in [0.3, 0.4) is 0 Å². The van der Waals surface area contributed by atoms with Crippen molar-refractivity contribution >= 4 is 5.97 Å². The van der Waals surface area contributed by atoms with Crippen LogP contribution < -0.4 is 0 Å². The molecule has 0 fully saturated rings. The SMILES string of the molecule is C=C(C)C/C=C/CC(C)C(=O)OCC. The summed E-state index contributed by atoms with van der Waals surface area (Å²) in [5.41, 5.74) is 1.13. The Morgan fingerprint density at radius 3 is 2.64 bits per heavy atom. The zero-order valence-electron chi connectivity index (χ0n) is 9.38. The van der Waals surface area contributed by atoms with Gasteiger partial charge >= 0.3 is 5.97 Å². The Labute approximate surface area is 86.6 Å². The Bertz CT molecular complexity index is 216. The van der Waals surface area contributed by atoms with Crippen molar-refractivity contribution in [2.75, 3.05) is 6.61 Å². The van der Waals surface area contributed by atoms with Crippen LogP contribution in [-0.4, -0.2) is 12.6 Å². The van der Waals surface area contributed by atoms with E-state index in [1.54, 1.807) is 0 Å². The number of carbonyl (C=O) groups excluding carboxylic acids is 1. The van der Waals surface area contributed by atoms with Gasteiger partial charge < -0.3 is 4.74 Å². The van der Waals surface area contributed by atoms with Crippen LogP contribution in [0.4, 0.5) is 0 Å². The van der Waals surface area contributed by atoms with Gasteiger partial charge in [-0.15, -0.1) is 0 Å². The van der Waals surface area contributed by atoms with Crippen molar-refractivity contribution in [3.05, 3.63) is 24.3 Å². The van der Waals surface area contributed by atoms with Gasteiger partial charge in [-0.1, -0.05) is 31.2 Å². The smallest absolute Gasteiger partial charge is 0.308 e. The summed E-state index contributed by atoms with van der Waals surface area (Å²) >= 11 is 0. The van der Waals surface area contributed by atoms with Crippen molar-refractivity contribution in [1.82, 2.24) is 0 Å². The van der Waals surface area contributed by atoms with Crippen molar-refractivity contribution < 1.29 is 9.53 Å². The molecule has 0 aliphatic carbocycles. The van der Waals surface area contributed by atoms with Gasteiger partial charge in [-0.2, -0.15) is 0 Å². The second-order valence-corrected chi connectivity index (χ2v) is 3.52. The van der Waals surface area contributed by atoms with E-state index in [0.717, 1.165) is 18.4 Å². The molecule has 0 spiro atoms. The van der Waals surface area contributed by atoms with E-state index in [4.69, 9.17) is 4.74 Å². The summed E-state index contributed by atoms with van der Waals surface area (Å²) in [5, 5.41) is 0. The van der Waals surface area contributed by atoms with Crippen LogP contribution in [0.2, 0.25) is 0 Å². The standard InChI is InChI=1S/C12H20O2/c1-5-14-12(13)11(4)9-7-6-8-10(2)3/h6-7,11H,2,5,8-9H2,1,3-4H3/b7-6+. The van der Waals surface area contributed by atoms with Gasteiger partial charge in [0.1, 0.15) is 0 Å². The highest BCUT2D eigenvalue weighted by atomic mass is 16.5. The molecule has 0 N–H and O–H groups in total. The first-order valence-electron chi connectivity index (χ1n) is 5.04. The minimum atomic E-state index is -0.118. The zero-order chi connectivity index (χ0) is 11.0. The molecule has 0 radical (unpaired) electrons. The van der Waals surface area contributed by atoms with Crippen molar-refractivity contribution in [3.63, 3.8) is 0 Å². The quantitative estimate of drug-likeness (QED) is 0.482. The van der Waals surface area contributed by atoms with Gasteiger partial charge in [0.25, 0.3) is 0 Å². The molecule has 14 heavy (non-hydrogen) atoms. The molecular formula is C12H20O2. The maximum atomic E-state index is 11.2. The van der Waals surface area contributed by atoms with Crippen molar-refractivity contribution in [2.45, 2.75) is 33.6 Å². The summed E-state index contributed by atoms with van der Waals surface area (Å²) in [4.78, 5) is 11.2. The molecule has 1 atom stereocenters. The van der Waals surface area contributed by atoms with Crippen molar-refractivity contribution in [3.8, 4) is 0 Å². The lowest BCUT2D eigenvalue weighted by Gasteiger charge is -2.06. The number of esters is 1. The van der Waals surface area contributed by atoms with E-state index in [2.05, 4.69) is 6.58 Å². The van der Waals surface area contributed by atoms with Crippen molar-refractivity contribution in [2.24, 2.45) is 5.92 Å². The van der Waals surface area contributed by atoms with Crippen LogP contribution in [0.15, 0.2) is 24.3 Å². The number of hydrogen-bond acceptors (Lipinski definition) is 2. The molecule has 1 unspecified atom stereocenters. The number of carbonyl (C=O) groups is 1. The molecule has 0 aromatic rings. The average Bonchev–Trinajstić information content (AvgIpc) is 2.12. The molecule has 80 valence electrons. The maximum Gasteiger partial charge on any atom is 0.308 e. The van der Waals surface area contributed by atoms with Gasteiger partial charge in [0.2, 0.25) is 0 Å². The average molecular weight is 196 g/mol. The molecule has 0 rings (SSSR count). The van der Waals surface area contributed by atoms with Crippen LogP contribution in [0.25, 0.3) is 0 Å². The minimum Gasteiger partial charge on any atom is -0.466 e. The van der Waals surface area contributed by atoms with Gasteiger partial charge in [0, 0.05) is 0 Å². The molecule has 0 aliphatic rings. The summed E-state index contributed by atoms with van der Waals surface area (Å²) in [7, 11) is 0. The fraction of sp³-hybridized carbons (Fsp3) is 0.583. The van der Waals surface area contributed by atoms with Crippen LogP contribution in [0.1, 0.15) is 33.6 Å². The van der Waals surface area contributed by atoms with Gasteiger partial charge in [-0.25, -0.2) is 0 Å². The van der Waals surface area contributed by atoms with E-state index in [9.17, 15) is 4.79 Å². The van der Waals surface area contributed by atoms with E-state index in [0.29, 0.717) is 6.61 Å². The van der Waals surface area contributed by atoms with E-state index in [1.165, 1.54) is 0 Å². The molecule has 2 nitrogen and oxygen atoms in total. The molecule has 0 aromatic heterocycles. The predicted octanol–water partition coefficient (Wildman–Crippen LogP) is 3.10. The zero-order valence-corrected chi connectivity index (χ0v) is 9.38. The molecule has 0 amide bonds. The van der Waals surface area contributed by atoms with Crippen LogP contribution in [0, 0.1) is 5.92 Å². The van der Waals surface area contributed by atoms with Crippen LogP contribution in [-0.2, 0) is 9.53 Å². The molecule has 2 heteroatoms. The maximum absolute atomic E-state index is 11.2. The largest absolute Gasteiger partial charge is 0.466 e. The monoisotopic (exact) mass is 196 g/mol. The third-order valence-electron chi connectivity index (χ3n) is 1.81. The third kappa shape index (κ3) is 6.46. The summed E-state index contributed by atoms with van der Waals surface area (Å²) in [6.07, 6.45) is 5.68. The van der Waals surface area contributed by atoms with Gasteiger partial charge in [-0.05, 0) is 26.7 Å². The number of ether oxygens (including phenoxy) is 1. The first-order valence-corrected chi connectivity index (χ1v) is 5.04. The predicted molar refractivity (Wildman–Crippen MR) is 59.0 cm³/mol. The molecule has 0 bridgehead atoms. The first kappa shape index (κ1) is 12.9. The van der Waals surface area contributed by atoms with Crippen LogP contribution in [0.5, 0.6) is 0 Å². The molecule has 0 aromatic carbocycles. The highest BCUT2D eigenvalue weighted by Gasteiger charge is 2.11. The highest BCUT2D eigenvalue weighted by Crippen LogP contribution is 2.06. The molecule has 0 saturated heterocycles. The Balaban J connectivity index is 3.72. The first-order chi connectivity index (χ1) is 6.57. The molecular weight excluding hydrogens is 176 g/mol. The summed E-state index contributed by atoms with van der Waals surface area (Å²) in [6, 6.07) is 0. The topological polar surface area (TPSA) is 26.3 Å². The molecule has 0 aliphatic heterocycles. The minimum absolute atomic E-state index is 0.0451. The highest BCUT2D eigenvalue weighted by molar-refractivity contribution is 5.72. The lowest BCUT2D eigenvalue weighted by Crippen LogP contribution is -2.13. The fourth-order valence-corrected chi connectivity index (χ4v) is 0.966. The van der Waals surface area contributed by atoms with E-state index >= 15 is 0 Å². The Morgan fingerprint density at radius 1 is 1.50 bits per heavy atom. The third-order valence-corrected chi connectivity index (χ3v) is 1.81. The van der Waals surface area contributed by atoms with E-state index in [-0.39, 0.29) is 11.9 Å². The van der Waals surface area contributed by atoms with Crippen molar-refractivity contribution in [1.29, 1.82) is 0 Å². The van der Waals surface area contributed by atoms with E-state index < -0.39 is 0 Å². The van der Waals surface area contributed by atoms with Gasteiger partial charge in [-0.3, -0.25) is 4.79 Å². The number of rotatable bonds is 6. The lowest BCUT2D eigenvalue weighted by atomic mass is 10.1. The molecule has 0 saturated carbocycles. The summed E-state index contributed by atoms with van der Waals surface area (Å²) in [6.45, 7) is 9.93. The van der Waals surface area contributed by atoms with Crippen LogP contribution >= 0.6 is 0 Å². The van der Waals surface area contributed by atoms with Gasteiger partial charge in [0.05, 0.1) is 12.5 Å². The lowest BCUT2D eigenvalue weighted by molar-refractivity contribution is -0.147. The second-order valence-electron chi connectivity index (χ2n) is 3.52.